The average Bonchev–Trinajstić information content (AvgIpc) is 3.53. The summed E-state index contributed by atoms with van der Waals surface area (Å²) in [6, 6.07) is 53.6. The van der Waals surface area contributed by atoms with Crippen LogP contribution in [0.4, 0.5) is 10.5 Å². The Labute approximate surface area is 365 Å². The maximum absolute atomic E-state index is 14.4. The number of amides is 4. The molecule has 4 atom stereocenters. The standard InChI is InChI=1S/C51H47BrN4O5/c1-60-42-27-25-41(26-28-42)53-50(59)54-31-35(32-56-48(57)43-19-11-12-20-44(43)49(56)58)29-30-55-45(33-54)47(36-21-23-40(52)24-22-36)46(55)34-61-51(37-13-5-2-6-14-37,38-15-7-3-8-16-38)39-17-9-4-10-18-39/h2-28,35,45-47H,29-34H2,1H3,(H,53,59)/t35?,45-,46+,47+/m0/s1. The highest BCUT2D eigenvalue weighted by molar-refractivity contribution is 9.10. The highest BCUT2D eigenvalue weighted by Crippen LogP contribution is 2.46. The predicted octanol–water partition coefficient (Wildman–Crippen LogP) is 9.45. The Morgan fingerprint density at radius 1 is 0.705 bits per heavy atom. The van der Waals surface area contributed by atoms with Crippen LogP contribution in [0.15, 0.2) is 168 Å². The maximum atomic E-state index is 14.4. The fourth-order valence-corrected chi connectivity index (χ4v) is 9.83. The number of hydrogen-bond donors (Lipinski definition) is 1. The summed E-state index contributed by atoms with van der Waals surface area (Å²) in [5.74, 6) is -0.0529. The molecular weight excluding hydrogens is 828 g/mol. The molecule has 0 saturated carbocycles. The molecule has 10 heteroatoms. The first-order valence-corrected chi connectivity index (χ1v) is 21.6. The van der Waals surface area contributed by atoms with E-state index in [2.05, 4.69) is 123 Å². The first-order chi connectivity index (χ1) is 29.8. The van der Waals surface area contributed by atoms with Crippen LogP contribution in [0.1, 0.15) is 55.3 Å². The van der Waals surface area contributed by atoms with Gasteiger partial charge in [0, 0.05) is 47.8 Å². The summed E-state index contributed by atoms with van der Waals surface area (Å²) >= 11 is 3.65. The van der Waals surface area contributed by atoms with E-state index in [1.54, 1.807) is 31.4 Å². The number of urea groups is 1. The van der Waals surface area contributed by atoms with Gasteiger partial charge in [-0.3, -0.25) is 19.4 Å². The molecule has 3 aliphatic heterocycles. The van der Waals surface area contributed by atoms with Crippen molar-refractivity contribution in [1.29, 1.82) is 0 Å². The fourth-order valence-electron chi connectivity index (χ4n) is 9.56. The largest absolute Gasteiger partial charge is 0.497 e. The van der Waals surface area contributed by atoms with Gasteiger partial charge in [0.25, 0.3) is 11.8 Å². The molecular formula is C51H47BrN4O5. The number of carbonyl (C=O) groups is 3. The van der Waals surface area contributed by atoms with Crippen LogP contribution in [0.5, 0.6) is 5.75 Å². The summed E-state index contributed by atoms with van der Waals surface area (Å²) < 4.78 is 13.9. The molecule has 2 saturated heterocycles. The number of ether oxygens (including phenoxy) is 2. The number of anilines is 1. The van der Waals surface area contributed by atoms with E-state index in [1.807, 2.05) is 47.4 Å². The monoisotopic (exact) mass is 874 g/mol. The van der Waals surface area contributed by atoms with Crippen LogP contribution >= 0.6 is 15.9 Å². The zero-order valence-corrected chi connectivity index (χ0v) is 35.5. The molecule has 9 nitrogen and oxygen atoms in total. The van der Waals surface area contributed by atoms with E-state index in [-0.39, 0.29) is 48.3 Å². The molecule has 2 fully saturated rings. The number of nitrogens with one attached hydrogen (secondary N) is 1. The minimum Gasteiger partial charge on any atom is -0.497 e. The van der Waals surface area contributed by atoms with E-state index in [4.69, 9.17) is 9.47 Å². The third-order valence-electron chi connectivity index (χ3n) is 12.6. The number of methoxy groups -OCH3 is 1. The normalized spacial score (nSPS) is 20.2. The molecule has 9 rings (SSSR count). The van der Waals surface area contributed by atoms with Crippen molar-refractivity contribution >= 4 is 39.5 Å². The van der Waals surface area contributed by atoms with Gasteiger partial charge in [-0.1, -0.05) is 131 Å². The molecule has 0 radical (unpaired) electrons. The summed E-state index contributed by atoms with van der Waals surface area (Å²) in [6.45, 7) is 2.08. The molecule has 61 heavy (non-hydrogen) atoms. The molecule has 308 valence electrons. The summed E-state index contributed by atoms with van der Waals surface area (Å²) in [5, 5.41) is 3.12. The van der Waals surface area contributed by atoms with Crippen molar-refractivity contribution in [2.24, 2.45) is 5.92 Å². The van der Waals surface area contributed by atoms with Gasteiger partial charge in [-0.15, -0.1) is 0 Å². The number of imide groups is 1. The quantitative estimate of drug-likeness (QED) is 0.103. The van der Waals surface area contributed by atoms with Crippen LogP contribution in [0.2, 0.25) is 0 Å². The van der Waals surface area contributed by atoms with Crippen LogP contribution in [-0.2, 0) is 10.3 Å². The fraction of sp³-hybridized carbons (Fsp3) is 0.235. The van der Waals surface area contributed by atoms with Crippen molar-refractivity contribution in [3.63, 3.8) is 0 Å². The first kappa shape index (κ1) is 40.3. The number of carbonyl (C=O) groups excluding carboxylic acids is 3. The Balaban J connectivity index is 1.07. The highest BCUT2D eigenvalue weighted by Gasteiger charge is 2.52. The molecule has 0 aliphatic carbocycles. The lowest BCUT2D eigenvalue weighted by Gasteiger charge is -2.58. The Morgan fingerprint density at radius 3 is 1.79 bits per heavy atom. The minimum absolute atomic E-state index is 0.0252. The van der Waals surface area contributed by atoms with Gasteiger partial charge in [0.05, 0.1) is 24.8 Å². The van der Waals surface area contributed by atoms with Crippen LogP contribution in [0.25, 0.3) is 0 Å². The number of rotatable bonds is 11. The topological polar surface area (TPSA) is 91.4 Å². The van der Waals surface area contributed by atoms with Gasteiger partial charge in [-0.25, -0.2) is 4.79 Å². The highest BCUT2D eigenvalue weighted by atomic mass is 79.9. The van der Waals surface area contributed by atoms with E-state index in [9.17, 15) is 14.4 Å². The number of halogens is 1. The average molecular weight is 876 g/mol. The van der Waals surface area contributed by atoms with E-state index in [0.717, 1.165) is 21.2 Å². The molecule has 0 spiro atoms. The van der Waals surface area contributed by atoms with Gasteiger partial charge in [0.15, 0.2) is 0 Å². The van der Waals surface area contributed by atoms with E-state index < -0.39 is 5.60 Å². The SMILES string of the molecule is COc1ccc(NC(=O)N2CC(CN3C(=O)c4ccccc4C3=O)CCN3[C@H](COC(c4ccccc4)(c4ccccc4)c4ccccc4)[C@H](c4ccc(Br)cc4)[C@@H]3C2)cc1. The third kappa shape index (κ3) is 7.87. The molecule has 0 bridgehead atoms. The smallest absolute Gasteiger partial charge is 0.321 e. The Kier molecular flexibility index (Phi) is 11.6. The predicted molar refractivity (Wildman–Crippen MR) is 240 cm³/mol. The Hall–Kier alpha value is -6.07. The number of benzene rings is 6. The summed E-state index contributed by atoms with van der Waals surface area (Å²) in [5.41, 5.74) is 4.81. The second-order valence-electron chi connectivity index (χ2n) is 16.0. The van der Waals surface area contributed by atoms with Gasteiger partial charge in [0.1, 0.15) is 11.4 Å². The molecule has 1 unspecified atom stereocenters. The second kappa shape index (κ2) is 17.5. The van der Waals surface area contributed by atoms with Crippen LogP contribution in [0, 0.1) is 5.92 Å². The van der Waals surface area contributed by atoms with Crippen molar-refractivity contribution in [3.8, 4) is 5.75 Å². The molecule has 0 aromatic heterocycles. The minimum atomic E-state index is -0.916. The van der Waals surface area contributed by atoms with Crippen molar-refractivity contribution < 1.29 is 23.9 Å². The molecule has 3 heterocycles. The second-order valence-corrected chi connectivity index (χ2v) is 16.9. The van der Waals surface area contributed by atoms with Crippen LogP contribution < -0.4 is 10.1 Å². The van der Waals surface area contributed by atoms with Gasteiger partial charge < -0.3 is 19.7 Å². The zero-order valence-electron chi connectivity index (χ0n) is 33.9. The first-order valence-electron chi connectivity index (χ1n) is 20.8. The number of nitrogens with zero attached hydrogens (tertiary/aromatic N) is 3. The lowest BCUT2D eigenvalue weighted by atomic mass is 9.73. The number of fused-ring (bicyclic) bond motifs is 2. The van der Waals surface area contributed by atoms with Crippen LogP contribution in [0.3, 0.4) is 0 Å². The van der Waals surface area contributed by atoms with E-state index in [0.29, 0.717) is 55.2 Å². The van der Waals surface area contributed by atoms with E-state index >= 15 is 0 Å². The molecule has 4 amide bonds. The summed E-state index contributed by atoms with van der Waals surface area (Å²) in [4.78, 5) is 47.5. The van der Waals surface area contributed by atoms with Crippen molar-refractivity contribution in [1.82, 2.24) is 14.7 Å². The van der Waals surface area contributed by atoms with Crippen LogP contribution in [-0.4, -0.2) is 84.5 Å². The molecule has 3 aliphatic rings. The van der Waals surface area contributed by atoms with E-state index in [1.165, 1.54) is 10.5 Å². The third-order valence-corrected chi connectivity index (χ3v) is 13.1. The molecule has 1 N–H and O–H groups in total. The zero-order chi connectivity index (χ0) is 41.9. The summed E-state index contributed by atoms with van der Waals surface area (Å²) in [7, 11) is 1.61. The maximum Gasteiger partial charge on any atom is 0.321 e. The van der Waals surface area contributed by atoms with Gasteiger partial charge in [-0.05, 0) is 89.7 Å². The molecule has 6 aromatic rings. The van der Waals surface area contributed by atoms with Gasteiger partial charge >= 0.3 is 6.03 Å². The lowest BCUT2D eigenvalue weighted by molar-refractivity contribution is -0.105. The Bertz CT molecular complexity index is 2360. The number of hydrogen-bond acceptors (Lipinski definition) is 6. The van der Waals surface area contributed by atoms with Crippen molar-refractivity contribution in [2.75, 3.05) is 45.2 Å². The van der Waals surface area contributed by atoms with Gasteiger partial charge in [-0.2, -0.15) is 0 Å². The van der Waals surface area contributed by atoms with Gasteiger partial charge in [0.2, 0.25) is 0 Å². The summed E-state index contributed by atoms with van der Waals surface area (Å²) in [6.07, 6.45) is 0.654. The lowest BCUT2D eigenvalue weighted by Crippen LogP contribution is -2.69. The molecule has 6 aromatic carbocycles. The van der Waals surface area contributed by atoms with Crippen molar-refractivity contribution in [2.45, 2.75) is 30.0 Å². The van der Waals surface area contributed by atoms with Crippen molar-refractivity contribution in [3.05, 3.63) is 202 Å². The Morgan fingerprint density at radius 2 is 1.25 bits per heavy atom.